The average Bonchev–Trinajstić information content (AvgIpc) is 3.09. The molecule has 7 heteroatoms. The third kappa shape index (κ3) is 3.12. The Bertz CT molecular complexity index is 780. The standard InChI is InChI=1S/C14H10ClN3O2S/c1-8-7-16-14(21-8)17-13(19)11-6-12(20-18-11)9-2-4-10(15)5-3-9/h2-7H,1H3,(H,16,17,19). The van der Waals surface area contributed by atoms with Crippen LogP contribution in [0.3, 0.4) is 0 Å². The predicted octanol–water partition coefficient (Wildman–Crippen LogP) is 4.01. The zero-order valence-corrected chi connectivity index (χ0v) is 12.5. The average molecular weight is 320 g/mol. The molecular weight excluding hydrogens is 310 g/mol. The molecule has 21 heavy (non-hydrogen) atoms. The summed E-state index contributed by atoms with van der Waals surface area (Å²) >= 11 is 7.23. The summed E-state index contributed by atoms with van der Waals surface area (Å²) in [4.78, 5) is 17.1. The number of rotatable bonds is 3. The van der Waals surface area contributed by atoms with Gasteiger partial charge in [0.15, 0.2) is 16.6 Å². The highest BCUT2D eigenvalue weighted by atomic mass is 35.5. The molecule has 0 saturated heterocycles. The Labute approximate surface area is 129 Å². The van der Waals surface area contributed by atoms with E-state index >= 15 is 0 Å². The third-order valence-corrected chi connectivity index (χ3v) is 3.79. The molecule has 1 amide bonds. The van der Waals surface area contributed by atoms with Crippen molar-refractivity contribution < 1.29 is 9.32 Å². The van der Waals surface area contributed by atoms with E-state index in [9.17, 15) is 4.79 Å². The summed E-state index contributed by atoms with van der Waals surface area (Å²) in [5.41, 5.74) is 1.00. The van der Waals surface area contributed by atoms with E-state index in [-0.39, 0.29) is 11.6 Å². The van der Waals surface area contributed by atoms with E-state index in [1.807, 2.05) is 6.92 Å². The lowest BCUT2D eigenvalue weighted by Gasteiger charge is -1.96. The minimum Gasteiger partial charge on any atom is -0.355 e. The fourth-order valence-corrected chi connectivity index (χ4v) is 2.49. The van der Waals surface area contributed by atoms with Crippen LogP contribution in [0, 0.1) is 6.92 Å². The van der Waals surface area contributed by atoms with Crippen LogP contribution < -0.4 is 5.32 Å². The van der Waals surface area contributed by atoms with E-state index in [1.54, 1.807) is 36.5 Å². The van der Waals surface area contributed by atoms with Crippen molar-refractivity contribution in [2.75, 3.05) is 5.32 Å². The number of hydrogen-bond acceptors (Lipinski definition) is 5. The topological polar surface area (TPSA) is 68.0 Å². The van der Waals surface area contributed by atoms with Gasteiger partial charge < -0.3 is 4.52 Å². The number of carbonyl (C=O) groups is 1. The first-order valence-electron chi connectivity index (χ1n) is 6.08. The second-order valence-electron chi connectivity index (χ2n) is 4.31. The second-order valence-corrected chi connectivity index (χ2v) is 5.98. The number of thiazole rings is 1. The summed E-state index contributed by atoms with van der Waals surface area (Å²) in [6.45, 7) is 1.92. The van der Waals surface area contributed by atoms with Crippen LogP contribution in [-0.2, 0) is 0 Å². The molecule has 106 valence electrons. The van der Waals surface area contributed by atoms with Gasteiger partial charge in [0, 0.05) is 27.7 Å². The number of nitrogens with one attached hydrogen (secondary N) is 1. The van der Waals surface area contributed by atoms with Gasteiger partial charge in [-0.1, -0.05) is 16.8 Å². The van der Waals surface area contributed by atoms with Crippen molar-refractivity contribution >= 4 is 34.0 Å². The maximum absolute atomic E-state index is 12.0. The molecule has 0 aliphatic carbocycles. The van der Waals surface area contributed by atoms with Crippen molar-refractivity contribution in [2.45, 2.75) is 6.92 Å². The molecule has 0 aliphatic rings. The number of aryl methyl sites for hydroxylation is 1. The highest BCUT2D eigenvalue weighted by molar-refractivity contribution is 7.15. The Hall–Kier alpha value is -2.18. The van der Waals surface area contributed by atoms with E-state index in [2.05, 4.69) is 15.5 Å². The van der Waals surface area contributed by atoms with Crippen LogP contribution in [0.4, 0.5) is 5.13 Å². The van der Waals surface area contributed by atoms with Gasteiger partial charge in [-0.05, 0) is 31.2 Å². The van der Waals surface area contributed by atoms with Crippen molar-refractivity contribution in [3.8, 4) is 11.3 Å². The van der Waals surface area contributed by atoms with Crippen molar-refractivity contribution in [3.63, 3.8) is 0 Å². The van der Waals surface area contributed by atoms with E-state index in [1.165, 1.54) is 11.3 Å². The van der Waals surface area contributed by atoms with E-state index in [0.29, 0.717) is 15.9 Å². The number of carbonyl (C=O) groups excluding carboxylic acids is 1. The molecule has 1 N–H and O–H groups in total. The number of halogens is 1. The summed E-state index contributed by atoms with van der Waals surface area (Å²) in [6.07, 6.45) is 1.70. The molecule has 0 atom stereocenters. The SMILES string of the molecule is Cc1cnc(NC(=O)c2cc(-c3ccc(Cl)cc3)on2)s1. The zero-order chi connectivity index (χ0) is 14.8. The van der Waals surface area contributed by atoms with Crippen molar-refractivity contribution in [3.05, 3.63) is 52.1 Å². The maximum Gasteiger partial charge on any atom is 0.279 e. The molecule has 3 rings (SSSR count). The van der Waals surface area contributed by atoms with Gasteiger partial charge in [-0.3, -0.25) is 10.1 Å². The van der Waals surface area contributed by atoms with Gasteiger partial charge in [0.1, 0.15) is 0 Å². The fraction of sp³-hybridized carbons (Fsp3) is 0.0714. The van der Waals surface area contributed by atoms with Gasteiger partial charge in [-0.25, -0.2) is 4.98 Å². The molecule has 2 heterocycles. The van der Waals surface area contributed by atoms with E-state index in [4.69, 9.17) is 16.1 Å². The molecule has 1 aromatic carbocycles. The Kier molecular flexibility index (Phi) is 3.72. The Morgan fingerprint density at radius 3 is 2.76 bits per heavy atom. The number of hydrogen-bond donors (Lipinski definition) is 1. The van der Waals surface area contributed by atoms with Crippen molar-refractivity contribution in [1.29, 1.82) is 0 Å². The predicted molar refractivity (Wildman–Crippen MR) is 81.8 cm³/mol. The molecular formula is C14H10ClN3O2S. The number of nitrogens with zero attached hydrogens (tertiary/aromatic N) is 2. The number of benzene rings is 1. The minimum atomic E-state index is -0.353. The molecule has 0 fully saturated rings. The first-order valence-corrected chi connectivity index (χ1v) is 7.28. The van der Waals surface area contributed by atoms with Crippen LogP contribution in [-0.4, -0.2) is 16.0 Å². The normalized spacial score (nSPS) is 10.6. The number of aromatic nitrogens is 2. The first kappa shape index (κ1) is 13.8. The molecule has 2 aromatic heterocycles. The van der Waals surface area contributed by atoms with Crippen molar-refractivity contribution in [1.82, 2.24) is 10.1 Å². The summed E-state index contributed by atoms with van der Waals surface area (Å²) in [6, 6.07) is 8.68. The van der Waals surface area contributed by atoms with Crippen LogP contribution in [0.25, 0.3) is 11.3 Å². The second kappa shape index (κ2) is 5.67. The summed E-state index contributed by atoms with van der Waals surface area (Å²) < 4.78 is 5.18. The molecule has 5 nitrogen and oxygen atoms in total. The van der Waals surface area contributed by atoms with Gasteiger partial charge >= 0.3 is 0 Å². The molecule has 0 aliphatic heterocycles. The number of amides is 1. The molecule has 0 spiro atoms. The Morgan fingerprint density at radius 1 is 1.33 bits per heavy atom. The third-order valence-electron chi connectivity index (χ3n) is 2.71. The smallest absolute Gasteiger partial charge is 0.279 e. The fourth-order valence-electron chi connectivity index (χ4n) is 1.71. The minimum absolute atomic E-state index is 0.202. The van der Waals surface area contributed by atoms with Gasteiger partial charge in [0.25, 0.3) is 5.91 Å². The summed E-state index contributed by atoms with van der Waals surface area (Å²) in [5.74, 6) is 0.153. The van der Waals surface area contributed by atoms with Crippen LogP contribution in [0.15, 0.2) is 41.1 Å². The summed E-state index contributed by atoms with van der Waals surface area (Å²) in [7, 11) is 0. The van der Waals surface area contributed by atoms with Crippen LogP contribution in [0.1, 0.15) is 15.4 Å². The Morgan fingerprint density at radius 2 is 2.10 bits per heavy atom. The van der Waals surface area contributed by atoms with E-state index in [0.717, 1.165) is 10.4 Å². The van der Waals surface area contributed by atoms with Gasteiger partial charge in [-0.2, -0.15) is 0 Å². The largest absolute Gasteiger partial charge is 0.355 e. The lowest BCUT2D eigenvalue weighted by molar-refractivity contribution is 0.101. The number of anilines is 1. The Balaban J connectivity index is 1.78. The monoisotopic (exact) mass is 319 g/mol. The van der Waals surface area contributed by atoms with Gasteiger partial charge in [0.2, 0.25) is 0 Å². The first-order chi connectivity index (χ1) is 10.1. The van der Waals surface area contributed by atoms with Crippen LogP contribution >= 0.6 is 22.9 Å². The maximum atomic E-state index is 12.0. The molecule has 0 radical (unpaired) electrons. The molecule has 0 saturated carbocycles. The summed E-state index contributed by atoms with van der Waals surface area (Å²) in [5, 5.41) is 7.62. The zero-order valence-electron chi connectivity index (χ0n) is 11.0. The highest BCUT2D eigenvalue weighted by Gasteiger charge is 2.15. The van der Waals surface area contributed by atoms with Gasteiger partial charge in [0.05, 0.1) is 0 Å². The quantitative estimate of drug-likeness (QED) is 0.792. The highest BCUT2D eigenvalue weighted by Crippen LogP contribution is 2.23. The molecule has 0 unspecified atom stereocenters. The molecule has 0 bridgehead atoms. The lowest BCUT2D eigenvalue weighted by atomic mass is 10.1. The molecule has 3 aromatic rings. The van der Waals surface area contributed by atoms with Crippen LogP contribution in [0.5, 0.6) is 0 Å². The van der Waals surface area contributed by atoms with Crippen LogP contribution in [0.2, 0.25) is 5.02 Å². The van der Waals surface area contributed by atoms with Gasteiger partial charge in [-0.15, -0.1) is 11.3 Å². The van der Waals surface area contributed by atoms with Crippen molar-refractivity contribution in [2.24, 2.45) is 0 Å². The van der Waals surface area contributed by atoms with E-state index < -0.39 is 0 Å². The lowest BCUT2D eigenvalue weighted by Crippen LogP contribution is -2.11.